The second-order valence-corrected chi connectivity index (χ2v) is 11.0. The number of anilines is 1. The second kappa shape index (κ2) is 10.3. The minimum Gasteiger partial charge on any atom is -0.481 e. The zero-order valence-electron chi connectivity index (χ0n) is 21.2. The Morgan fingerprint density at radius 1 is 1.22 bits per heavy atom. The summed E-state index contributed by atoms with van der Waals surface area (Å²) in [6.45, 7) is 4.37. The molecule has 10 nitrogen and oxygen atoms in total. The highest BCUT2D eigenvalue weighted by Gasteiger charge is 2.26. The van der Waals surface area contributed by atoms with Crippen LogP contribution in [0.15, 0.2) is 41.6 Å². The van der Waals surface area contributed by atoms with Crippen LogP contribution in [0, 0.1) is 0 Å². The number of hydrogen-bond donors (Lipinski definition) is 2. The maximum Gasteiger partial charge on any atom is 0.333 e. The molecule has 36 heavy (non-hydrogen) atoms. The van der Waals surface area contributed by atoms with E-state index in [1.807, 2.05) is 45.0 Å². The number of ether oxygens (including phenoxy) is 1. The summed E-state index contributed by atoms with van der Waals surface area (Å²) in [5.41, 5.74) is 5.05. The summed E-state index contributed by atoms with van der Waals surface area (Å²) in [6, 6.07) is 8.21. The van der Waals surface area contributed by atoms with Gasteiger partial charge in [0.15, 0.2) is 5.03 Å². The van der Waals surface area contributed by atoms with Gasteiger partial charge in [0.25, 0.3) is 10.0 Å². The molecule has 4 rings (SSSR count). The van der Waals surface area contributed by atoms with Crippen molar-refractivity contribution in [1.29, 1.82) is 0 Å². The van der Waals surface area contributed by atoms with Crippen LogP contribution in [0.3, 0.4) is 0 Å². The highest BCUT2D eigenvalue weighted by atomic mass is 32.2. The summed E-state index contributed by atoms with van der Waals surface area (Å²) < 4.78 is 35.2. The Kier molecular flexibility index (Phi) is 7.32. The summed E-state index contributed by atoms with van der Waals surface area (Å²) in [7, 11) is 1.13. The minimum atomic E-state index is -4.20. The lowest BCUT2D eigenvalue weighted by Gasteiger charge is -2.17. The molecule has 2 aromatic heterocycles. The van der Waals surface area contributed by atoms with Crippen molar-refractivity contribution < 1.29 is 20.8 Å². The van der Waals surface area contributed by atoms with Crippen molar-refractivity contribution in [2.24, 2.45) is 0 Å². The Balaban J connectivity index is 0.00000253. The van der Waals surface area contributed by atoms with Gasteiger partial charge in [-0.1, -0.05) is 12.1 Å². The summed E-state index contributed by atoms with van der Waals surface area (Å²) in [4.78, 5) is 19.1. The number of pyridine rings is 1. The third kappa shape index (κ3) is 5.36. The lowest BCUT2D eigenvalue weighted by molar-refractivity contribution is 0.256. The first-order valence-corrected chi connectivity index (χ1v) is 13.3. The largest absolute Gasteiger partial charge is 0.481 e. The summed E-state index contributed by atoms with van der Waals surface area (Å²) in [5.74, 6) is 0.445. The van der Waals surface area contributed by atoms with Crippen molar-refractivity contribution >= 4 is 21.7 Å². The van der Waals surface area contributed by atoms with Gasteiger partial charge in [-0.25, -0.2) is 14.5 Å². The summed E-state index contributed by atoms with van der Waals surface area (Å²) in [6.07, 6.45) is 4.30. The van der Waals surface area contributed by atoms with Crippen LogP contribution >= 0.6 is 0 Å². The molecule has 11 heteroatoms. The third-order valence-corrected chi connectivity index (χ3v) is 7.24. The molecule has 0 saturated carbocycles. The number of amides is 2. The van der Waals surface area contributed by atoms with E-state index in [4.69, 9.17) is 4.74 Å². The van der Waals surface area contributed by atoms with E-state index in [9.17, 15) is 13.2 Å². The standard InChI is InChI=1S/C25H32N6O4S.2H2/c1-16(2)31-19(15-30(3)4)14-23(28-31)36(33,34)29-25(32)27-24-20-8-6-7-17(20)9-10-21(24)18-11-12-26-22(13-18)35-5;;/h9-14,16H,6-8,15H2,1-5H3,(H2,27,29,32);2*1H. The first-order valence-electron chi connectivity index (χ1n) is 11.8. The number of carbonyl (C=O) groups is 1. The van der Waals surface area contributed by atoms with Gasteiger partial charge in [0.1, 0.15) is 0 Å². The van der Waals surface area contributed by atoms with Crippen LogP contribution < -0.4 is 14.8 Å². The Labute approximate surface area is 214 Å². The molecule has 0 atom stereocenters. The van der Waals surface area contributed by atoms with Crippen LogP contribution in [0.1, 0.15) is 46.0 Å². The smallest absolute Gasteiger partial charge is 0.333 e. The van der Waals surface area contributed by atoms with E-state index in [0.29, 0.717) is 18.1 Å². The van der Waals surface area contributed by atoms with Gasteiger partial charge in [0, 0.05) is 39.3 Å². The molecule has 1 aliphatic rings. The van der Waals surface area contributed by atoms with Crippen LogP contribution in [0.25, 0.3) is 11.1 Å². The Morgan fingerprint density at radius 3 is 2.69 bits per heavy atom. The van der Waals surface area contributed by atoms with Crippen molar-refractivity contribution in [2.75, 3.05) is 26.5 Å². The maximum absolute atomic E-state index is 13.1. The molecular formula is C25H36N6O4S. The fraction of sp³-hybridized carbons (Fsp3) is 0.400. The van der Waals surface area contributed by atoms with E-state index < -0.39 is 16.1 Å². The van der Waals surface area contributed by atoms with Gasteiger partial charge in [-0.05, 0) is 70.0 Å². The average Bonchev–Trinajstić information content (AvgIpc) is 3.46. The molecule has 0 bridgehead atoms. The molecule has 196 valence electrons. The fourth-order valence-electron chi connectivity index (χ4n) is 4.48. The molecule has 1 aliphatic carbocycles. The van der Waals surface area contributed by atoms with Crippen LogP contribution in [0.4, 0.5) is 10.5 Å². The van der Waals surface area contributed by atoms with Crippen molar-refractivity contribution in [3.8, 4) is 17.0 Å². The van der Waals surface area contributed by atoms with E-state index in [-0.39, 0.29) is 13.9 Å². The number of nitrogens with one attached hydrogen (secondary N) is 2. The number of benzene rings is 1. The highest BCUT2D eigenvalue weighted by Crippen LogP contribution is 2.38. The molecular weight excluding hydrogens is 480 g/mol. The zero-order chi connectivity index (χ0) is 26.0. The van der Waals surface area contributed by atoms with Gasteiger partial charge in [0.2, 0.25) is 5.88 Å². The molecule has 0 aliphatic heterocycles. The molecule has 1 aromatic carbocycles. The van der Waals surface area contributed by atoms with Crippen LogP contribution in [0.5, 0.6) is 5.88 Å². The van der Waals surface area contributed by atoms with E-state index >= 15 is 0 Å². The quantitative estimate of drug-likeness (QED) is 0.463. The predicted molar refractivity (Wildman–Crippen MR) is 142 cm³/mol. The molecule has 0 spiro atoms. The number of carbonyl (C=O) groups excluding carboxylic acids is 1. The summed E-state index contributed by atoms with van der Waals surface area (Å²) in [5, 5.41) is 6.90. The number of rotatable bonds is 8. The van der Waals surface area contributed by atoms with Gasteiger partial charge < -0.3 is 15.0 Å². The van der Waals surface area contributed by atoms with Gasteiger partial charge in [-0.2, -0.15) is 13.5 Å². The molecule has 0 radical (unpaired) electrons. The number of methoxy groups -OCH3 is 1. The first-order chi connectivity index (χ1) is 17.1. The van der Waals surface area contributed by atoms with Crippen molar-refractivity contribution in [2.45, 2.75) is 50.7 Å². The monoisotopic (exact) mass is 516 g/mol. The predicted octanol–water partition coefficient (Wildman–Crippen LogP) is 4.09. The average molecular weight is 517 g/mol. The first kappa shape index (κ1) is 25.6. The lowest BCUT2D eigenvalue weighted by Crippen LogP contribution is -2.35. The van der Waals surface area contributed by atoms with E-state index in [2.05, 4.69) is 26.2 Å². The normalized spacial score (nSPS) is 13.2. The second-order valence-electron chi connectivity index (χ2n) is 9.38. The number of aryl methyl sites for hydroxylation is 1. The molecule has 0 fully saturated rings. The van der Waals surface area contributed by atoms with E-state index in [1.54, 1.807) is 16.9 Å². The molecule has 2 amide bonds. The maximum atomic E-state index is 13.1. The van der Waals surface area contributed by atoms with Crippen LogP contribution in [0.2, 0.25) is 0 Å². The lowest BCUT2D eigenvalue weighted by atomic mass is 9.98. The number of sulfonamides is 1. The van der Waals surface area contributed by atoms with Gasteiger partial charge in [-0.3, -0.25) is 4.68 Å². The van der Waals surface area contributed by atoms with Gasteiger partial charge >= 0.3 is 6.03 Å². The van der Waals surface area contributed by atoms with Gasteiger partial charge in [-0.15, -0.1) is 0 Å². The number of hydrogen-bond acceptors (Lipinski definition) is 7. The van der Waals surface area contributed by atoms with Crippen molar-refractivity contribution in [1.82, 2.24) is 24.4 Å². The molecule has 0 unspecified atom stereocenters. The zero-order valence-corrected chi connectivity index (χ0v) is 22.0. The molecule has 3 aromatic rings. The Bertz CT molecular complexity index is 1390. The molecule has 0 saturated heterocycles. The van der Waals surface area contributed by atoms with E-state index in [1.165, 1.54) is 13.2 Å². The molecule has 2 heterocycles. The van der Waals surface area contributed by atoms with Crippen molar-refractivity contribution in [3.63, 3.8) is 0 Å². The van der Waals surface area contributed by atoms with Crippen LogP contribution in [-0.2, 0) is 29.4 Å². The topological polar surface area (TPSA) is 118 Å². The number of fused-ring (bicyclic) bond motifs is 1. The SMILES string of the molecule is COc1cc(-c2ccc3c(c2NC(=O)NS(=O)(=O)c2cc(CN(C)C)n(C(C)C)n2)CCC3)ccn1.[HH].[HH]. The van der Waals surface area contributed by atoms with E-state index in [0.717, 1.165) is 47.2 Å². The molecule has 2 N–H and O–H groups in total. The number of aromatic nitrogens is 3. The third-order valence-electron chi connectivity index (χ3n) is 6.04. The Morgan fingerprint density at radius 2 is 2.00 bits per heavy atom. The minimum absolute atomic E-state index is 0. The number of nitrogens with zero attached hydrogens (tertiary/aromatic N) is 4. The Hall–Kier alpha value is -3.44. The van der Waals surface area contributed by atoms with Crippen molar-refractivity contribution in [3.05, 3.63) is 53.3 Å². The summed E-state index contributed by atoms with van der Waals surface area (Å²) >= 11 is 0. The number of urea groups is 1. The van der Waals surface area contributed by atoms with Crippen LogP contribution in [-0.4, -0.2) is 55.3 Å². The fourth-order valence-corrected chi connectivity index (χ4v) is 5.37. The highest BCUT2D eigenvalue weighted by molar-refractivity contribution is 7.90. The van der Waals surface area contributed by atoms with Gasteiger partial charge in [0.05, 0.1) is 18.5 Å².